The number of nitrogens with one attached hydrogen (secondary N) is 1. The maximum absolute atomic E-state index is 13.7. The van der Waals surface area contributed by atoms with Gasteiger partial charge in [0.05, 0.1) is 6.54 Å². The van der Waals surface area contributed by atoms with Gasteiger partial charge >= 0.3 is 0 Å². The van der Waals surface area contributed by atoms with E-state index in [1.807, 2.05) is 20.0 Å². The molecule has 2 rings (SSSR count). The zero-order chi connectivity index (χ0) is 15.8. The Hall–Kier alpha value is -1.88. The molecule has 0 bridgehead atoms. The van der Waals surface area contributed by atoms with E-state index in [4.69, 9.17) is 0 Å². The van der Waals surface area contributed by atoms with Crippen LogP contribution < -0.4 is 5.32 Å². The molecule has 0 unspecified atom stereocenters. The molecule has 0 saturated carbocycles. The zero-order valence-electron chi connectivity index (χ0n) is 13.1. The van der Waals surface area contributed by atoms with E-state index in [1.54, 1.807) is 23.5 Å². The van der Waals surface area contributed by atoms with Crippen molar-refractivity contribution >= 4 is 17.3 Å². The standard InChI is InChI=1S/C17H22FN3S/c1-3-19-17(20-13-14-7-4-5-9-16(14)18)21(2)11-10-15-8-6-12-22-15/h4-9,12H,3,10-11,13H2,1-2H3,(H,19,20). The molecule has 118 valence electrons. The third kappa shape index (κ3) is 4.84. The summed E-state index contributed by atoms with van der Waals surface area (Å²) in [5.74, 6) is 0.602. The maximum atomic E-state index is 13.7. The Morgan fingerprint density at radius 2 is 2.09 bits per heavy atom. The third-order valence-corrected chi connectivity index (χ3v) is 4.26. The van der Waals surface area contributed by atoms with Crippen LogP contribution >= 0.6 is 11.3 Å². The van der Waals surface area contributed by atoms with Gasteiger partial charge in [-0.25, -0.2) is 9.38 Å². The molecule has 0 spiro atoms. The smallest absolute Gasteiger partial charge is 0.193 e. The molecule has 1 aromatic carbocycles. The first kappa shape index (κ1) is 16.5. The second kappa shape index (κ2) is 8.54. The summed E-state index contributed by atoms with van der Waals surface area (Å²) in [5.41, 5.74) is 0.615. The van der Waals surface area contributed by atoms with Crippen molar-refractivity contribution < 1.29 is 4.39 Å². The zero-order valence-corrected chi connectivity index (χ0v) is 13.9. The van der Waals surface area contributed by atoms with Crippen molar-refractivity contribution in [2.45, 2.75) is 19.9 Å². The number of rotatable bonds is 6. The number of hydrogen-bond donors (Lipinski definition) is 1. The quantitative estimate of drug-likeness (QED) is 0.651. The minimum atomic E-state index is -0.205. The Bertz CT molecular complexity index is 596. The van der Waals surface area contributed by atoms with E-state index < -0.39 is 0 Å². The molecule has 0 radical (unpaired) electrons. The van der Waals surface area contributed by atoms with Crippen LogP contribution in [-0.4, -0.2) is 31.0 Å². The number of halogens is 1. The average Bonchev–Trinajstić information content (AvgIpc) is 3.04. The number of aliphatic imine (C=N–C) groups is 1. The molecule has 0 aliphatic heterocycles. The van der Waals surface area contributed by atoms with Crippen LogP contribution in [0.25, 0.3) is 0 Å². The fraction of sp³-hybridized carbons (Fsp3) is 0.353. The lowest BCUT2D eigenvalue weighted by molar-refractivity contribution is 0.486. The second-order valence-corrected chi connectivity index (χ2v) is 6.04. The van der Waals surface area contributed by atoms with E-state index >= 15 is 0 Å². The van der Waals surface area contributed by atoms with Crippen LogP contribution in [0.5, 0.6) is 0 Å². The van der Waals surface area contributed by atoms with E-state index in [-0.39, 0.29) is 5.82 Å². The van der Waals surface area contributed by atoms with Crippen LogP contribution in [0.15, 0.2) is 46.8 Å². The summed E-state index contributed by atoms with van der Waals surface area (Å²) >= 11 is 1.77. The molecule has 0 aliphatic carbocycles. The SMILES string of the molecule is CCNC(=NCc1ccccc1F)N(C)CCc1cccs1. The molecule has 0 atom stereocenters. The van der Waals surface area contributed by atoms with Gasteiger partial charge in [0.1, 0.15) is 5.82 Å². The maximum Gasteiger partial charge on any atom is 0.193 e. The van der Waals surface area contributed by atoms with Crippen LogP contribution in [0.4, 0.5) is 4.39 Å². The van der Waals surface area contributed by atoms with Crippen molar-refractivity contribution in [1.82, 2.24) is 10.2 Å². The predicted molar refractivity (Wildman–Crippen MR) is 91.9 cm³/mol. The average molecular weight is 319 g/mol. The molecular formula is C17H22FN3S. The first-order valence-corrected chi connectivity index (χ1v) is 8.34. The highest BCUT2D eigenvalue weighted by Crippen LogP contribution is 2.10. The van der Waals surface area contributed by atoms with Crippen LogP contribution in [0.2, 0.25) is 0 Å². The largest absolute Gasteiger partial charge is 0.357 e. The van der Waals surface area contributed by atoms with Gasteiger partial charge in [-0.3, -0.25) is 0 Å². The van der Waals surface area contributed by atoms with Gasteiger partial charge in [0.2, 0.25) is 0 Å². The predicted octanol–water partition coefficient (Wildman–Crippen LogP) is 3.53. The van der Waals surface area contributed by atoms with Crippen molar-refractivity contribution in [2.24, 2.45) is 4.99 Å². The van der Waals surface area contributed by atoms with Crippen molar-refractivity contribution in [3.05, 3.63) is 58.0 Å². The Kier molecular flexibility index (Phi) is 6.40. The number of benzene rings is 1. The van der Waals surface area contributed by atoms with Crippen molar-refractivity contribution in [3.63, 3.8) is 0 Å². The summed E-state index contributed by atoms with van der Waals surface area (Å²) in [6.07, 6.45) is 0.984. The molecule has 1 N–H and O–H groups in total. The molecule has 1 aromatic heterocycles. The molecule has 5 heteroatoms. The van der Waals surface area contributed by atoms with Crippen LogP contribution in [0.1, 0.15) is 17.4 Å². The first-order chi connectivity index (χ1) is 10.7. The van der Waals surface area contributed by atoms with Crippen molar-refractivity contribution in [1.29, 1.82) is 0 Å². The summed E-state index contributed by atoms with van der Waals surface area (Å²) in [6.45, 7) is 4.05. The van der Waals surface area contributed by atoms with Gasteiger partial charge in [-0.15, -0.1) is 11.3 Å². The minimum absolute atomic E-state index is 0.205. The number of thiophene rings is 1. The lowest BCUT2D eigenvalue weighted by atomic mass is 10.2. The van der Waals surface area contributed by atoms with Gasteiger partial charge in [-0.05, 0) is 30.9 Å². The molecule has 22 heavy (non-hydrogen) atoms. The Morgan fingerprint density at radius 1 is 1.27 bits per heavy atom. The Morgan fingerprint density at radius 3 is 2.77 bits per heavy atom. The highest BCUT2D eigenvalue weighted by Gasteiger charge is 2.07. The molecule has 0 aliphatic rings. The second-order valence-electron chi connectivity index (χ2n) is 5.01. The molecule has 0 amide bonds. The van der Waals surface area contributed by atoms with Crippen molar-refractivity contribution in [3.8, 4) is 0 Å². The summed E-state index contributed by atoms with van der Waals surface area (Å²) in [6, 6.07) is 11.0. The summed E-state index contributed by atoms with van der Waals surface area (Å²) in [7, 11) is 2.01. The number of guanidine groups is 1. The molecule has 2 aromatic rings. The van der Waals surface area contributed by atoms with E-state index in [0.29, 0.717) is 12.1 Å². The van der Waals surface area contributed by atoms with Gasteiger partial charge in [-0.2, -0.15) is 0 Å². The summed E-state index contributed by atoms with van der Waals surface area (Å²) < 4.78 is 13.7. The lowest BCUT2D eigenvalue weighted by Gasteiger charge is -2.21. The summed E-state index contributed by atoms with van der Waals surface area (Å²) in [5, 5.41) is 5.35. The fourth-order valence-corrected chi connectivity index (χ4v) is 2.79. The minimum Gasteiger partial charge on any atom is -0.357 e. The van der Waals surface area contributed by atoms with Crippen LogP contribution in [0, 0.1) is 5.82 Å². The number of hydrogen-bond acceptors (Lipinski definition) is 2. The van der Waals surface area contributed by atoms with Gasteiger partial charge in [0.25, 0.3) is 0 Å². The number of likely N-dealkylation sites (N-methyl/N-ethyl adjacent to an activating group) is 1. The molecule has 0 saturated heterocycles. The Labute approximate surface area is 135 Å². The van der Waals surface area contributed by atoms with E-state index in [2.05, 4.69) is 32.7 Å². The van der Waals surface area contributed by atoms with E-state index in [1.165, 1.54) is 10.9 Å². The van der Waals surface area contributed by atoms with E-state index in [0.717, 1.165) is 25.5 Å². The Balaban J connectivity index is 1.98. The highest BCUT2D eigenvalue weighted by atomic mass is 32.1. The third-order valence-electron chi connectivity index (χ3n) is 3.33. The lowest BCUT2D eigenvalue weighted by Crippen LogP contribution is -2.39. The highest BCUT2D eigenvalue weighted by molar-refractivity contribution is 7.09. The molecule has 0 fully saturated rings. The van der Waals surface area contributed by atoms with Crippen LogP contribution in [0.3, 0.4) is 0 Å². The monoisotopic (exact) mass is 319 g/mol. The van der Waals surface area contributed by atoms with Crippen LogP contribution in [-0.2, 0) is 13.0 Å². The van der Waals surface area contributed by atoms with E-state index in [9.17, 15) is 4.39 Å². The fourth-order valence-electron chi connectivity index (χ4n) is 2.09. The first-order valence-electron chi connectivity index (χ1n) is 7.46. The number of nitrogens with zero attached hydrogens (tertiary/aromatic N) is 2. The molecule has 1 heterocycles. The van der Waals surface area contributed by atoms with Gasteiger partial charge in [-0.1, -0.05) is 24.3 Å². The van der Waals surface area contributed by atoms with Gasteiger partial charge in [0.15, 0.2) is 5.96 Å². The van der Waals surface area contributed by atoms with Gasteiger partial charge in [0, 0.05) is 30.6 Å². The van der Waals surface area contributed by atoms with Crippen molar-refractivity contribution in [2.75, 3.05) is 20.1 Å². The molecular weight excluding hydrogens is 297 g/mol. The molecule has 3 nitrogen and oxygen atoms in total. The summed E-state index contributed by atoms with van der Waals surface area (Å²) in [4.78, 5) is 7.98. The van der Waals surface area contributed by atoms with Gasteiger partial charge < -0.3 is 10.2 Å². The normalized spacial score (nSPS) is 11.5. The topological polar surface area (TPSA) is 27.6 Å².